The topological polar surface area (TPSA) is 319 Å². The first kappa shape index (κ1) is 83.3. The molecule has 4 fully saturated rings. The zero-order valence-corrected chi connectivity index (χ0v) is 63.0. The largest absolute Gasteiger partial charge is 0.479 e. The Morgan fingerprint density at radius 3 is 1.18 bits per heavy atom. The maximum atomic E-state index is 14.5. The Balaban J connectivity index is 0.000000327. The minimum absolute atomic E-state index is 0.00949. The van der Waals surface area contributed by atoms with Gasteiger partial charge in [0.25, 0.3) is 11.8 Å². The van der Waals surface area contributed by atoms with Gasteiger partial charge in [-0.15, -0.1) is 0 Å². The second-order valence-electron chi connectivity index (χ2n) is 29.9. The number of pyridine rings is 2. The number of aliphatic carboxylic acids is 1. The Morgan fingerprint density at radius 1 is 0.485 bits per heavy atom. The minimum atomic E-state index is -1.42. The van der Waals surface area contributed by atoms with Crippen LogP contribution in [0.1, 0.15) is 151 Å². The molecule has 0 spiro atoms. The van der Waals surface area contributed by atoms with Crippen LogP contribution in [-0.4, -0.2) is 235 Å². The molecular weight excluding hydrogens is 1330 g/mol. The number of aromatic nitrogens is 2. The minimum Gasteiger partial charge on any atom is -0.479 e. The lowest BCUT2D eigenvalue weighted by atomic mass is 10.0. The zero-order valence-electron chi connectivity index (χ0n) is 63.0. The molecule has 2 aliphatic heterocycles. The molecule has 4 heterocycles. The number of carboxylic acid groups (broad SMARTS) is 1. The molecule has 1 N–H and O–H groups in total. The summed E-state index contributed by atoms with van der Waals surface area (Å²) in [4.78, 5) is 152. The number of likely N-dealkylation sites (N-methyl/N-ethyl adjacent to an activating group) is 4. The number of hydrogen-bond acceptors (Lipinski definition) is 23. The van der Waals surface area contributed by atoms with Crippen LogP contribution in [-0.2, 0) is 100 Å². The van der Waals surface area contributed by atoms with E-state index in [0.717, 1.165) is 47.8 Å². The van der Waals surface area contributed by atoms with Gasteiger partial charge in [-0.1, -0.05) is 95.8 Å². The number of carbonyl (C=O) groups excluding carboxylic acids is 9. The van der Waals surface area contributed by atoms with E-state index in [4.69, 9.17) is 42.6 Å². The smallest absolute Gasteiger partial charge is 0.410 e. The predicted molar refractivity (Wildman–Crippen MR) is 379 cm³/mol. The Kier molecular flexibility index (Phi) is 31.3. The number of carbonyl (C=O) groups is 10. The molecule has 0 radical (unpaired) electrons. The van der Waals surface area contributed by atoms with Crippen LogP contribution in [0.3, 0.4) is 0 Å². The van der Waals surface area contributed by atoms with Gasteiger partial charge < -0.3 is 67.3 Å². The van der Waals surface area contributed by atoms with Gasteiger partial charge in [-0.05, 0) is 134 Å². The molecule has 8 atom stereocenters. The summed E-state index contributed by atoms with van der Waals surface area (Å²) in [6.45, 7) is 25.7. The third-order valence-electron chi connectivity index (χ3n) is 17.6. The second-order valence-corrected chi connectivity index (χ2v) is 29.9. The SMILES string of the molecule is CC(C)C[C@@H](C(=O)O[C@H](C)C(=O)O)N(C)C(=O)[C@@H](Cc1ccc(N2CCOCC2)nc1)OC(=O)[C@H](CC1CC1)N(C)C(=O)OC(C)(C)C.CC(C)C[C@@H](C(=O)O[C@H](C)C(=O)OCc1ccccc1)N(C)C(=O)[C@@H](Cc1ccc(N2CCOCC2)nc1)OC(=O)[C@H](CC1CC1)N(C)C(=O)OC(C)(C)C. The number of rotatable bonds is 32. The van der Waals surface area contributed by atoms with E-state index in [0.29, 0.717) is 76.6 Å². The summed E-state index contributed by atoms with van der Waals surface area (Å²) in [6.07, 6.45) is 1.01. The van der Waals surface area contributed by atoms with Gasteiger partial charge in [0.05, 0.1) is 26.4 Å². The average molecular weight is 1440 g/mol. The lowest BCUT2D eigenvalue weighted by Gasteiger charge is -2.33. The quantitative estimate of drug-likeness (QED) is 0.0454. The summed E-state index contributed by atoms with van der Waals surface area (Å²) in [6, 6.07) is 12.1. The van der Waals surface area contributed by atoms with Crippen molar-refractivity contribution in [3.05, 3.63) is 83.7 Å². The molecule has 2 aromatic heterocycles. The lowest BCUT2D eigenvalue weighted by Crippen LogP contribution is -2.52. The van der Waals surface area contributed by atoms with Crippen LogP contribution in [0.2, 0.25) is 0 Å². The van der Waals surface area contributed by atoms with Crippen LogP contribution in [0.15, 0.2) is 67.0 Å². The molecule has 28 heteroatoms. The van der Waals surface area contributed by atoms with E-state index in [2.05, 4.69) is 19.8 Å². The van der Waals surface area contributed by atoms with Gasteiger partial charge in [-0.2, -0.15) is 0 Å². The van der Waals surface area contributed by atoms with E-state index < -0.39 is 120 Å². The summed E-state index contributed by atoms with van der Waals surface area (Å²) in [5.41, 5.74) is 0.415. The molecule has 0 unspecified atom stereocenters. The number of esters is 5. The fourth-order valence-corrected chi connectivity index (χ4v) is 11.3. The molecule has 4 aliphatic rings. The van der Waals surface area contributed by atoms with Crippen molar-refractivity contribution in [2.24, 2.45) is 23.7 Å². The molecule has 3 aromatic rings. The van der Waals surface area contributed by atoms with Crippen LogP contribution >= 0.6 is 0 Å². The third-order valence-corrected chi connectivity index (χ3v) is 17.6. The van der Waals surface area contributed by atoms with Crippen molar-refractivity contribution >= 4 is 71.5 Å². The monoisotopic (exact) mass is 1440 g/mol. The average Bonchev–Trinajstić information content (AvgIpc) is 1.68. The molecule has 570 valence electrons. The van der Waals surface area contributed by atoms with Gasteiger partial charge in [0.2, 0.25) is 0 Å². The van der Waals surface area contributed by atoms with E-state index in [-0.39, 0.29) is 56.0 Å². The van der Waals surface area contributed by atoms with Gasteiger partial charge in [0, 0.05) is 79.6 Å². The zero-order chi connectivity index (χ0) is 76.0. The van der Waals surface area contributed by atoms with Crippen molar-refractivity contribution in [2.45, 2.75) is 214 Å². The molecule has 0 bridgehead atoms. The molecule has 2 aliphatic carbocycles. The summed E-state index contributed by atoms with van der Waals surface area (Å²) >= 11 is 0. The van der Waals surface area contributed by atoms with Crippen molar-refractivity contribution in [1.82, 2.24) is 29.6 Å². The van der Waals surface area contributed by atoms with Gasteiger partial charge >= 0.3 is 48.0 Å². The molecule has 2 saturated heterocycles. The fraction of sp³-hybridized carbons (Fsp3) is 0.653. The van der Waals surface area contributed by atoms with Gasteiger partial charge in [-0.25, -0.2) is 48.3 Å². The molecule has 28 nitrogen and oxygen atoms in total. The van der Waals surface area contributed by atoms with E-state index in [1.54, 1.807) is 60.0 Å². The Hall–Kier alpha value is -8.66. The summed E-state index contributed by atoms with van der Waals surface area (Å²) in [7, 11) is 5.81. The second kappa shape index (κ2) is 38.7. The Morgan fingerprint density at radius 2 is 0.854 bits per heavy atom. The van der Waals surface area contributed by atoms with E-state index >= 15 is 0 Å². The number of anilines is 2. The molecular formula is C75H110N8O20. The van der Waals surface area contributed by atoms with Crippen molar-refractivity contribution in [3.63, 3.8) is 0 Å². The highest BCUT2D eigenvalue weighted by molar-refractivity contribution is 5.92. The molecule has 1 aromatic carbocycles. The van der Waals surface area contributed by atoms with Crippen LogP contribution in [0.4, 0.5) is 21.2 Å². The van der Waals surface area contributed by atoms with E-state index in [1.165, 1.54) is 56.7 Å². The maximum Gasteiger partial charge on any atom is 0.410 e. The summed E-state index contributed by atoms with van der Waals surface area (Å²) < 4.78 is 50.1. The summed E-state index contributed by atoms with van der Waals surface area (Å²) in [5.74, 6) is -4.79. The van der Waals surface area contributed by atoms with Crippen LogP contribution in [0, 0.1) is 23.7 Å². The summed E-state index contributed by atoms with van der Waals surface area (Å²) in [5, 5.41) is 9.29. The van der Waals surface area contributed by atoms with Crippen molar-refractivity contribution in [3.8, 4) is 0 Å². The van der Waals surface area contributed by atoms with Crippen molar-refractivity contribution < 1.29 is 95.7 Å². The Labute approximate surface area is 605 Å². The third kappa shape index (κ3) is 27.5. The number of morpholine rings is 2. The van der Waals surface area contributed by atoms with E-state index in [9.17, 15) is 53.1 Å². The highest BCUT2D eigenvalue weighted by Crippen LogP contribution is 2.37. The first-order valence-corrected chi connectivity index (χ1v) is 35.7. The van der Waals surface area contributed by atoms with Crippen LogP contribution < -0.4 is 9.80 Å². The lowest BCUT2D eigenvalue weighted by molar-refractivity contribution is -0.174. The van der Waals surface area contributed by atoms with Crippen LogP contribution in [0.25, 0.3) is 0 Å². The van der Waals surface area contributed by atoms with Crippen molar-refractivity contribution in [1.29, 1.82) is 0 Å². The standard InChI is InChI=1S/C41H58N4O10.C34H52N4O10/c1-27(2)22-32(38(48)53-28(3)37(47)52-26-30-12-10-9-11-13-30)43(7)36(46)34(24-31-16-17-35(42-25-31)45-18-20-51-21-19-45)54-39(49)33(23-29-14-15-29)44(8)40(50)55-41(4,5)6;1-21(2)17-25(31(42)46-22(3)30(40)41)36(7)29(39)27(19-24-11-12-28(35-20-24)38-13-15-45-16-14-38)47-32(43)26(18-23-9-10-23)37(8)33(44)48-34(4,5)6/h9-13,16-17,25,27-29,32-34H,14-15,18-24,26H2,1-8H3;11-12,20-23,25-27H,9-10,13-19H2,1-8H3,(H,40,41)/t28-,32+,33+,34-;22-,25+,26+,27-/m11/s1. The van der Waals surface area contributed by atoms with Gasteiger partial charge in [0.1, 0.15) is 53.6 Å². The number of hydrogen-bond donors (Lipinski definition) is 1. The molecule has 7 rings (SSSR count). The van der Waals surface area contributed by atoms with E-state index in [1.807, 2.05) is 76.2 Å². The Bertz CT molecular complexity index is 3290. The van der Waals surface area contributed by atoms with Crippen molar-refractivity contribution in [2.75, 3.05) is 90.6 Å². The number of nitrogens with zero attached hydrogens (tertiary/aromatic N) is 8. The number of benzene rings is 1. The fourth-order valence-electron chi connectivity index (χ4n) is 11.3. The number of carboxylic acids is 1. The first-order valence-electron chi connectivity index (χ1n) is 35.7. The first-order chi connectivity index (χ1) is 48.5. The normalized spacial score (nSPS) is 17.0. The number of ether oxygens (including phenoxy) is 9. The molecule has 2 saturated carbocycles. The van der Waals surface area contributed by atoms with Crippen LogP contribution in [0.5, 0.6) is 0 Å². The highest BCUT2D eigenvalue weighted by atomic mass is 16.6. The van der Waals surface area contributed by atoms with Gasteiger partial charge in [-0.3, -0.25) is 19.4 Å². The van der Waals surface area contributed by atoms with Gasteiger partial charge in [0.15, 0.2) is 24.4 Å². The highest BCUT2D eigenvalue weighted by Gasteiger charge is 2.44. The molecule has 4 amide bonds. The number of amides is 4. The maximum absolute atomic E-state index is 14.5. The predicted octanol–water partition coefficient (Wildman–Crippen LogP) is 8.25. The molecule has 103 heavy (non-hydrogen) atoms.